The van der Waals surface area contributed by atoms with Gasteiger partial charge in [0.15, 0.2) is 0 Å². The second kappa shape index (κ2) is 8.59. The molecular weight excluding hydrogens is 254 g/mol. The zero-order chi connectivity index (χ0) is 15.0. The summed E-state index contributed by atoms with van der Waals surface area (Å²) in [6, 6.07) is 7.30. The summed E-state index contributed by atoms with van der Waals surface area (Å²) in [7, 11) is 0. The monoisotopic (exact) mass is 279 g/mol. The molecule has 0 aliphatic heterocycles. The number of carboxylic acids is 1. The number of carboxylic acid groups (broad SMARTS) is 1. The third kappa shape index (κ3) is 5.21. The molecule has 0 bridgehead atoms. The van der Waals surface area contributed by atoms with Gasteiger partial charge in [-0.15, -0.1) is 0 Å². The van der Waals surface area contributed by atoms with Gasteiger partial charge in [-0.25, -0.2) is 4.79 Å². The fourth-order valence-corrected chi connectivity index (χ4v) is 2.13. The molecule has 0 heterocycles. The van der Waals surface area contributed by atoms with Crippen molar-refractivity contribution in [2.45, 2.75) is 39.7 Å². The minimum atomic E-state index is -0.949. The molecule has 0 fully saturated rings. The van der Waals surface area contributed by atoms with Crippen LogP contribution >= 0.6 is 0 Å². The Hall–Kier alpha value is -1.55. The first-order valence-electron chi connectivity index (χ1n) is 7.25. The molecule has 0 amide bonds. The number of benzene rings is 1. The van der Waals surface area contributed by atoms with Crippen LogP contribution in [0.5, 0.6) is 5.75 Å². The van der Waals surface area contributed by atoms with Gasteiger partial charge in [-0.1, -0.05) is 19.1 Å². The number of aromatic carboxylic acids is 1. The minimum absolute atomic E-state index is 0.224. The lowest BCUT2D eigenvalue weighted by Crippen LogP contribution is -2.33. The highest BCUT2D eigenvalue weighted by Crippen LogP contribution is 2.17. The van der Waals surface area contributed by atoms with Crippen molar-refractivity contribution in [3.05, 3.63) is 29.8 Å². The van der Waals surface area contributed by atoms with Crippen molar-refractivity contribution >= 4 is 5.97 Å². The topological polar surface area (TPSA) is 49.8 Å². The summed E-state index contributed by atoms with van der Waals surface area (Å²) < 4.78 is 5.60. The summed E-state index contributed by atoms with van der Waals surface area (Å²) >= 11 is 0. The number of hydrogen-bond donors (Lipinski definition) is 1. The van der Waals surface area contributed by atoms with Crippen molar-refractivity contribution in [3.63, 3.8) is 0 Å². The SMILES string of the molecule is CCCN(CCCOc1ccccc1C(=O)O)C(C)C. The highest BCUT2D eigenvalue weighted by Gasteiger charge is 2.11. The van der Waals surface area contributed by atoms with Crippen LogP contribution in [-0.2, 0) is 0 Å². The second-order valence-electron chi connectivity index (χ2n) is 5.13. The van der Waals surface area contributed by atoms with E-state index in [-0.39, 0.29) is 5.56 Å². The van der Waals surface area contributed by atoms with E-state index in [9.17, 15) is 4.79 Å². The van der Waals surface area contributed by atoms with Crippen LogP contribution < -0.4 is 4.74 Å². The van der Waals surface area contributed by atoms with E-state index >= 15 is 0 Å². The highest BCUT2D eigenvalue weighted by molar-refractivity contribution is 5.90. The highest BCUT2D eigenvalue weighted by atomic mass is 16.5. The average molecular weight is 279 g/mol. The molecule has 0 radical (unpaired) electrons. The van der Waals surface area contributed by atoms with Gasteiger partial charge in [0.1, 0.15) is 11.3 Å². The molecule has 1 aromatic carbocycles. The van der Waals surface area contributed by atoms with Crippen molar-refractivity contribution in [1.82, 2.24) is 4.90 Å². The standard InChI is InChI=1S/C16H25NO3/c1-4-10-17(13(2)3)11-7-12-20-15-9-6-5-8-14(15)16(18)19/h5-6,8-9,13H,4,7,10-12H2,1-3H3,(H,18,19). The third-order valence-electron chi connectivity index (χ3n) is 3.21. The molecule has 0 unspecified atom stereocenters. The normalized spacial score (nSPS) is 11.1. The van der Waals surface area contributed by atoms with Gasteiger partial charge < -0.3 is 14.7 Å². The Morgan fingerprint density at radius 2 is 2.00 bits per heavy atom. The van der Waals surface area contributed by atoms with Gasteiger partial charge >= 0.3 is 5.97 Å². The molecule has 0 saturated heterocycles. The predicted octanol–water partition coefficient (Wildman–Crippen LogP) is 3.27. The van der Waals surface area contributed by atoms with Crippen LogP contribution in [0.15, 0.2) is 24.3 Å². The van der Waals surface area contributed by atoms with E-state index < -0.39 is 5.97 Å². The summed E-state index contributed by atoms with van der Waals surface area (Å²) in [5, 5.41) is 9.06. The summed E-state index contributed by atoms with van der Waals surface area (Å²) in [4.78, 5) is 13.5. The minimum Gasteiger partial charge on any atom is -0.493 e. The maximum absolute atomic E-state index is 11.0. The summed E-state index contributed by atoms with van der Waals surface area (Å²) in [6.45, 7) is 9.16. The second-order valence-corrected chi connectivity index (χ2v) is 5.13. The van der Waals surface area contributed by atoms with Gasteiger partial charge in [-0.2, -0.15) is 0 Å². The lowest BCUT2D eigenvalue weighted by molar-refractivity contribution is 0.0692. The van der Waals surface area contributed by atoms with Crippen LogP contribution in [-0.4, -0.2) is 41.7 Å². The summed E-state index contributed by atoms with van der Waals surface area (Å²) in [5.74, 6) is -0.498. The fraction of sp³-hybridized carbons (Fsp3) is 0.562. The van der Waals surface area contributed by atoms with E-state index in [1.807, 2.05) is 0 Å². The van der Waals surface area contributed by atoms with E-state index in [0.717, 1.165) is 25.9 Å². The quantitative estimate of drug-likeness (QED) is 0.705. The molecule has 0 atom stereocenters. The molecule has 4 nitrogen and oxygen atoms in total. The van der Waals surface area contributed by atoms with Crippen LogP contribution in [0.1, 0.15) is 44.0 Å². The summed E-state index contributed by atoms with van der Waals surface area (Å²) in [6.07, 6.45) is 2.03. The molecule has 1 rings (SSSR count). The number of ether oxygens (including phenoxy) is 1. The molecule has 4 heteroatoms. The average Bonchev–Trinajstić information content (AvgIpc) is 2.42. The summed E-state index contributed by atoms with van der Waals surface area (Å²) in [5.41, 5.74) is 0.224. The van der Waals surface area contributed by atoms with E-state index in [4.69, 9.17) is 9.84 Å². The molecule has 1 aromatic rings. The molecule has 0 aromatic heterocycles. The van der Waals surface area contributed by atoms with Crippen molar-refractivity contribution in [2.24, 2.45) is 0 Å². The number of rotatable bonds is 9. The first-order chi connectivity index (χ1) is 9.56. The van der Waals surface area contributed by atoms with Crippen LogP contribution in [0.4, 0.5) is 0 Å². The molecule has 1 N–H and O–H groups in total. The molecule has 0 saturated carbocycles. The molecule has 0 spiro atoms. The van der Waals surface area contributed by atoms with Crippen molar-refractivity contribution < 1.29 is 14.6 Å². The van der Waals surface area contributed by atoms with Gasteiger partial charge in [0, 0.05) is 12.6 Å². The van der Waals surface area contributed by atoms with Crippen molar-refractivity contribution in [2.75, 3.05) is 19.7 Å². The van der Waals surface area contributed by atoms with Gasteiger partial charge in [-0.3, -0.25) is 0 Å². The molecule has 20 heavy (non-hydrogen) atoms. The van der Waals surface area contributed by atoms with Crippen LogP contribution in [0, 0.1) is 0 Å². The maximum Gasteiger partial charge on any atom is 0.339 e. The van der Waals surface area contributed by atoms with E-state index in [0.29, 0.717) is 18.4 Å². The van der Waals surface area contributed by atoms with Crippen LogP contribution in [0.3, 0.4) is 0 Å². The van der Waals surface area contributed by atoms with Gasteiger partial charge in [0.2, 0.25) is 0 Å². The largest absolute Gasteiger partial charge is 0.493 e. The zero-order valence-electron chi connectivity index (χ0n) is 12.6. The van der Waals surface area contributed by atoms with Crippen LogP contribution in [0.2, 0.25) is 0 Å². The first-order valence-corrected chi connectivity index (χ1v) is 7.25. The number of hydrogen-bond acceptors (Lipinski definition) is 3. The number of carbonyl (C=O) groups is 1. The Morgan fingerprint density at radius 1 is 1.30 bits per heavy atom. The van der Waals surface area contributed by atoms with Crippen LogP contribution in [0.25, 0.3) is 0 Å². The maximum atomic E-state index is 11.0. The number of para-hydroxylation sites is 1. The third-order valence-corrected chi connectivity index (χ3v) is 3.21. The Balaban J connectivity index is 2.43. The molecular formula is C16H25NO3. The van der Waals surface area contributed by atoms with E-state index in [1.54, 1.807) is 24.3 Å². The van der Waals surface area contributed by atoms with Crippen molar-refractivity contribution in [3.8, 4) is 5.75 Å². The van der Waals surface area contributed by atoms with E-state index in [1.165, 1.54) is 0 Å². The predicted molar refractivity (Wildman–Crippen MR) is 80.5 cm³/mol. The van der Waals surface area contributed by atoms with Crippen molar-refractivity contribution in [1.29, 1.82) is 0 Å². The zero-order valence-corrected chi connectivity index (χ0v) is 12.6. The number of nitrogens with zero attached hydrogens (tertiary/aromatic N) is 1. The Labute approximate surface area is 121 Å². The van der Waals surface area contributed by atoms with E-state index in [2.05, 4.69) is 25.7 Å². The van der Waals surface area contributed by atoms with Gasteiger partial charge in [0.05, 0.1) is 6.61 Å². The lowest BCUT2D eigenvalue weighted by atomic mass is 10.2. The molecule has 0 aliphatic rings. The Bertz CT molecular complexity index is 418. The Morgan fingerprint density at radius 3 is 2.60 bits per heavy atom. The van der Waals surface area contributed by atoms with Gasteiger partial charge in [0.25, 0.3) is 0 Å². The molecule has 0 aliphatic carbocycles. The Kier molecular flexibility index (Phi) is 7.09. The van der Waals surface area contributed by atoms with Gasteiger partial charge in [-0.05, 0) is 45.4 Å². The first kappa shape index (κ1) is 16.5. The fourth-order valence-electron chi connectivity index (χ4n) is 2.13. The smallest absolute Gasteiger partial charge is 0.339 e. The molecule has 112 valence electrons. The lowest BCUT2D eigenvalue weighted by Gasteiger charge is -2.25.